The first-order valence-corrected chi connectivity index (χ1v) is 7.03. The molecule has 2 aliphatic rings. The number of hydrogen-bond acceptors (Lipinski definition) is 3. The molecule has 0 bridgehead atoms. The van der Waals surface area contributed by atoms with Gasteiger partial charge in [0.25, 0.3) is 0 Å². The molecule has 0 atom stereocenters. The van der Waals surface area contributed by atoms with Crippen LogP contribution in [-0.2, 0) is 4.74 Å². The molecule has 1 amide bonds. The van der Waals surface area contributed by atoms with Gasteiger partial charge in [0.2, 0.25) is 0 Å². The molecule has 4 heteroatoms. The molecule has 0 aromatic rings. The molecule has 4 nitrogen and oxygen atoms in total. The average Bonchev–Trinajstić information content (AvgIpc) is 2.16. The Hall–Kier alpha value is -0.770. The molecular weight excluding hydrogens is 228 g/mol. The van der Waals surface area contributed by atoms with Gasteiger partial charge in [0.15, 0.2) is 0 Å². The van der Waals surface area contributed by atoms with Crippen LogP contribution in [0.3, 0.4) is 0 Å². The smallest absolute Gasteiger partial charge is 0.407 e. The van der Waals surface area contributed by atoms with E-state index in [0.29, 0.717) is 11.5 Å². The summed E-state index contributed by atoms with van der Waals surface area (Å²) in [6.45, 7) is 5.66. The minimum atomic E-state index is -0.416. The van der Waals surface area contributed by atoms with E-state index in [1.807, 2.05) is 20.8 Å². The monoisotopic (exact) mass is 254 g/mol. The van der Waals surface area contributed by atoms with Crippen LogP contribution in [0.15, 0.2) is 0 Å². The number of hydrogen-bond donors (Lipinski definition) is 2. The highest BCUT2D eigenvalue weighted by atomic mass is 16.6. The van der Waals surface area contributed by atoms with Crippen molar-refractivity contribution in [1.82, 2.24) is 5.32 Å². The minimum Gasteiger partial charge on any atom is -0.444 e. The fraction of sp³-hybridized carbons (Fsp3) is 0.929. The van der Waals surface area contributed by atoms with Crippen LogP contribution in [-0.4, -0.2) is 23.8 Å². The number of rotatable bonds is 1. The third kappa shape index (κ3) is 3.37. The summed E-state index contributed by atoms with van der Waals surface area (Å²) >= 11 is 0. The zero-order valence-corrected chi connectivity index (χ0v) is 11.8. The average molecular weight is 254 g/mol. The summed E-state index contributed by atoms with van der Waals surface area (Å²) in [5.41, 5.74) is 5.97. The first-order chi connectivity index (χ1) is 8.28. The molecule has 0 aromatic heterocycles. The van der Waals surface area contributed by atoms with Gasteiger partial charge in [0, 0.05) is 12.1 Å². The fourth-order valence-electron chi connectivity index (χ4n) is 3.31. The molecule has 2 fully saturated rings. The van der Waals surface area contributed by atoms with E-state index in [-0.39, 0.29) is 12.1 Å². The summed E-state index contributed by atoms with van der Waals surface area (Å²) in [7, 11) is 0. The van der Waals surface area contributed by atoms with E-state index in [2.05, 4.69) is 5.32 Å². The number of alkyl carbamates (subject to hydrolysis) is 1. The number of carbonyl (C=O) groups excluding carboxylic acids is 1. The summed E-state index contributed by atoms with van der Waals surface area (Å²) in [4.78, 5) is 11.7. The predicted molar refractivity (Wildman–Crippen MR) is 71.3 cm³/mol. The lowest BCUT2D eigenvalue weighted by atomic mass is 9.58. The zero-order chi connectivity index (χ0) is 13.4. The largest absolute Gasteiger partial charge is 0.444 e. The second-order valence-electron chi connectivity index (χ2n) is 7.09. The maximum Gasteiger partial charge on any atom is 0.407 e. The van der Waals surface area contributed by atoms with Crippen molar-refractivity contribution in [3.05, 3.63) is 0 Å². The minimum absolute atomic E-state index is 0.280. The standard InChI is InChI=1S/C14H26N2O2/c1-13(2,3)18-12(17)16-11-4-6-14(7-5-11)8-10(15)9-14/h10-11H,4-9,15H2,1-3H3,(H,16,17). The van der Waals surface area contributed by atoms with Crippen molar-refractivity contribution in [3.8, 4) is 0 Å². The molecule has 1 spiro atoms. The Morgan fingerprint density at radius 3 is 2.28 bits per heavy atom. The third-order valence-electron chi connectivity index (χ3n) is 4.16. The lowest BCUT2D eigenvalue weighted by Crippen LogP contribution is -2.50. The van der Waals surface area contributed by atoms with E-state index < -0.39 is 5.60 Å². The maximum atomic E-state index is 11.7. The molecule has 2 rings (SSSR count). The van der Waals surface area contributed by atoms with Gasteiger partial charge < -0.3 is 15.8 Å². The second kappa shape index (κ2) is 4.72. The lowest BCUT2D eigenvalue weighted by Gasteiger charge is -2.50. The van der Waals surface area contributed by atoms with Crippen LogP contribution < -0.4 is 11.1 Å². The van der Waals surface area contributed by atoms with Gasteiger partial charge in [-0.1, -0.05) is 0 Å². The highest BCUT2D eigenvalue weighted by Gasteiger charge is 2.44. The van der Waals surface area contributed by atoms with Crippen LogP contribution in [0.2, 0.25) is 0 Å². The predicted octanol–water partition coefficient (Wildman–Crippen LogP) is 2.56. The highest BCUT2D eigenvalue weighted by molar-refractivity contribution is 5.68. The molecule has 0 unspecified atom stereocenters. The van der Waals surface area contributed by atoms with E-state index in [1.165, 1.54) is 25.7 Å². The number of nitrogens with two attached hydrogens (primary N) is 1. The van der Waals surface area contributed by atoms with Crippen molar-refractivity contribution < 1.29 is 9.53 Å². The maximum absolute atomic E-state index is 11.7. The molecule has 2 aliphatic carbocycles. The molecular formula is C14H26N2O2. The molecule has 3 N–H and O–H groups in total. The van der Waals surface area contributed by atoms with Gasteiger partial charge in [-0.15, -0.1) is 0 Å². The van der Waals surface area contributed by atoms with Crippen molar-refractivity contribution >= 4 is 6.09 Å². The van der Waals surface area contributed by atoms with Gasteiger partial charge in [-0.3, -0.25) is 0 Å². The zero-order valence-electron chi connectivity index (χ0n) is 11.8. The van der Waals surface area contributed by atoms with Gasteiger partial charge in [-0.05, 0) is 64.7 Å². The molecule has 104 valence electrons. The molecule has 18 heavy (non-hydrogen) atoms. The SMILES string of the molecule is CC(C)(C)OC(=O)NC1CCC2(CC1)CC(N)C2. The van der Waals surface area contributed by atoms with Gasteiger partial charge in [-0.25, -0.2) is 4.79 Å². The first kappa shape index (κ1) is 13.7. The van der Waals surface area contributed by atoms with Crippen LogP contribution in [0.4, 0.5) is 4.79 Å². The van der Waals surface area contributed by atoms with Crippen molar-refractivity contribution in [2.75, 3.05) is 0 Å². The molecule has 0 saturated heterocycles. The Kier molecular flexibility index (Phi) is 3.58. The van der Waals surface area contributed by atoms with Gasteiger partial charge in [0.1, 0.15) is 5.60 Å². The second-order valence-corrected chi connectivity index (χ2v) is 7.09. The number of ether oxygens (including phenoxy) is 1. The van der Waals surface area contributed by atoms with Crippen LogP contribution in [0.25, 0.3) is 0 Å². The summed E-state index contributed by atoms with van der Waals surface area (Å²) < 4.78 is 5.28. The van der Waals surface area contributed by atoms with E-state index in [4.69, 9.17) is 10.5 Å². The Labute approximate surface area is 110 Å². The van der Waals surface area contributed by atoms with Crippen molar-refractivity contribution in [1.29, 1.82) is 0 Å². The Balaban J connectivity index is 1.72. The van der Waals surface area contributed by atoms with Crippen LogP contribution >= 0.6 is 0 Å². The normalized spacial score (nSPS) is 36.0. The summed E-state index contributed by atoms with van der Waals surface area (Å²) in [5, 5.41) is 2.98. The first-order valence-electron chi connectivity index (χ1n) is 7.03. The number of carbonyl (C=O) groups is 1. The number of nitrogens with one attached hydrogen (secondary N) is 1. The highest BCUT2D eigenvalue weighted by Crippen LogP contribution is 2.50. The van der Waals surface area contributed by atoms with E-state index in [0.717, 1.165) is 12.8 Å². The van der Waals surface area contributed by atoms with Crippen LogP contribution in [0.5, 0.6) is 0 Å². The summed E-state index contributed by atoms with van der Waals surface area (Å²) in [6, 6.07) is 0.697. The van der Waals surface area contributed by atoms with E-state index >= 15 is 0 Å². The van der Waals surface area contributed by atoms with Crippen molar-refractivity contribution in [3.63, 3.8) is 0 Å². The Morgan fingerprint density at radius 2 is 1.83 bits per heavy atom. The molecule has 2 saturated carbocycles. The summed E-state index contributed by atoms with van der Waals surface area (Å²) in [5.74, 6) is 0. The molecule has 0 aliphatic heterocycles. The van der Waals surface area contributed by atoms with Gasteiger partial charge in [0.05, 0.1) is 0 Å². The fourth-order valence-corrected chi connectivity index (χ4v) is 3.31. The third-order valence-corrected chi connectivity index (χ3v) is 4.16. The van der Waals surface area contributed by atoms with Gasteiger partial charge in [-0.2, -0.15) is 0 Å². The Bertz CT molecular complexity index is 306. The number of amides is 1. The lowest BCUT2D eigenvalue weighted by molar-refractivity contribution is 0.0301. The van der Waals surface area contributed by atoms with E-state index in [1.54, 1.807) is 0 Å². The summed E-state index contributed by atoms with van der Waals surface area (Å²) in [6.07, 6.45) is 6.58. The van der Waals surface area contributed by atoms with Crippen molar-refractivity contribution in [2.24, 2.45) is 11.1 Å². The quantitative estimate of drug-likeness (QED) is 0.756. The van der Waals surface area contributed by atoms with Gasteiger partial charge >= 0.3 is 6.09 Å². The molecule has 0 radical (unpaired) electrons. The Morgan fingerprint density at radius 1 is 1.28 bits per heavy atom. The van der Waals surface area contributed by atoms with E-state index in [9.17, 15) is 4.79 Å². The molecule has 0 aromatic carbocycles. The van der Waals surface area contributed by atoms with Crippen LogP contribution in [0.1, 0.15) is 59.3 Å². The van der Waals surface area contributed by atoms with Crippen LogP contribution in [0, 0.1) is 5.41 Å². The topological polar surface area (TPSA) is 64.3 Å². The molecule has 0 heterocycles. The van der Waals surface area contributed by atoms with Crippen molar-refractivity contribution in [2.45, 2.75) is 77.0 Å².